The van der Waals surface area contributed by atoms with Gasteiger partial charge in [0.1, 0.15) is 0 Å². The molecule has 7 heteroatoms. The van der Waals surface area contributed by atoms with E-state index in [-0.39, 0.29) is 11.1 Å². The first-order valence-corrected chi connectivity index (χ1v) is 7.90. The lowest BCUT2D eigenvalue weighted by Crippen LogP contribution is -2.42. The summed E-state index contributed by atoms with van der Waals surface area (Å²) >= 11 is 0. The van der Waals surface area contributed by atoms with Crippen LogP contribution in [-0.2, 0) is 10.0 Å². The number of sulfonamides is 1. The molecule has 0 spiro atoms. The molecule has 19 heavy (non-hydrogen) atoms. The minimum atomic E-state index is -3.59. The van der Waals surface area contributed by atoms with E-state index in [0.29, 0.717) is 31.0 Å². The maximum absolute atomic E-state index is 12.5. The van der Waals surface area contributed by atoms with E-state index in [1.165, 1.54) is 4.31 Å². The molecule has 0 unspecified atom stereocenters. The molecule has 2 heterocycles. The topological polar surface area (TPSA) is 89.2 Å². The zero-order valence-electron chi connectivity index (χ0n) is 11.3. The first-order valence-electron chi connectivity index (χ1n) is 6.46. The zero-order valence-corrected chi connectivity index (χ0v) is 12.2. The minimum Gasteiger partial charge on any atom is -0.330 e. The number of rotatable bonds is 3. The van der Waals surface area contributed by atoms with Crippen molar-refractivity contribution in [3.63, 3.8) is 0 Å². The van der Waals surface area contributed by atoms with Gasteiger partial charge >= 0.3 is 0 Å². The Morgan fingerprint density at radius 1 is 1.37 bits per heavy atom. The second-order valence-corrected chi connectivity index (χ2v) is 6.87. The molecule has 0 amide bonds. The van der Waals surface area contributed by atoms with Gasteiger partial charge in [0.15, 0.2) is 0 Å². The summed E-state index contributed by atoms with van der Waals surface area (Å²) < 4.78 is 26.5. The fourth-order valence-corrected chi connectivity index (χ4v) is 3.89. The summed E-state index contributed by atoms with van der Waals surface area (Å²) in [5.74, 6) is 0.231. The average Bonchev–Trinajstić information content (AvgIpc) is 2.37. The van der Waals surface area contributed by atoms with Crippen molar-refractivity contribution in [1.82, 2.24) is 14.3 Å². The second-order valence-electron chi connectivity index (χ2n) is 5.04. The summed E-state index contributed by atoms with van der Waals surface area (Å²) in [6.45, 7) is 5.04. The van der Waals surface area contributed by atoms with Gasteiger partial charge in [-0.25, -0.2) is 18.4 Å². The molecule has 0 aromatic carbocycles. The number of aryl methyl sites for hydroxylation is 2. The van der Waals surface area contributed by atoms with Crippen LogP contribution >= 0.6 is 0 Å². The number of nitrogens with zero attached hydrogens (tertiary/aromatic N) is 3. The van der Waals surface area contributed by atoms with Gasteiger partial charge in [-0.1, -0.05) is 0 Å². The molecule has 1 saturated heterocycles. The lowest BCUT2D eigenvalue weighted by molar-refractivity contribution is 0.270. The standard InChI is InChI=1S/C12H20N4O2S/c1-9-6-10(2)15-12(14-9)19(17,18)16-5-3-4-11(7-13)8-16/h6,11H,3-5,7-8,13H2,1-2H3/t11-/m0/s1. The lowest BCUT2D eigenvalue weighted by atomic mass is 10.0. The molecule has 2 rings (SSSR count). The molecule has 0 bridgehead atoms. The van der Waals surface area contributed by atoms with Gasteiger partial charge in [0, 0.05) is 24.5 Å². The van der Waals surface area contributed by atoms with Gasteiger partial charge < -0.3 is 5.73 Å². The molecule has 1 aromatic heterocycles. The number of nitrogens with two attached hydrogens (primary N) is 1. The van der Waals surface area contributed by atoms with E-state index in [1.54, 1.807) is 19.9 Å². The molecule has 106 valence electrons. The summed E-state index contributed by atoms with van der Waals surface area (Å²) in [5, 5.41) is -0.0947. The van der Waals surface area contributed by atoms with Crippen LogP contribution in [0.25, 0.3) is 0 Å². The fourth-order valence-electron chi connectivity index (χ4n) is 2.36. The number of aromatic nitrogens is 2. The molecule has 0 radical (unpaired) electrons. The highest BCUT2D eigenvalue weighted by Gasteiger charge is 2.31. The summed E-state index contributed by atoms with van der Waals surface area (Å²) in [7, 11) is -3.59. The first-order chi connectivity index (χ1) is 8.93. The molecule has 1 atom stereocenters. The van der Waals surface area contributed by atoms with Crippen molar-refractivity contribution in [2.24, 2.45) is 11.7 Å². The van der Waals surface area contributed by atoms with Crippen LogP contribution in [0.5, 0.6) is 0 Å². The van der Waals surface area contributed by atoms with Gasteiger partial charge in [-0.15, -0.1) is 0 Å². The number of hydrogen-bond donors (Lipinski definition) is 1. The van der Waals surface area contributed by atoms with Gasteiger partial charge in [0.25, 0.3) is 15.2 Å². The lowest BCUT2D eigenvalue weighted by Gasteiger charge is -2.30. The molecular weight excluding hydrogens is 264 g/mol. The normalized spacial score (nSPS) is 21.5. The van der Waals surface area contributed by atoms with Crippen LogP contribution < -0.4 is 5.73 Å². The molecule has 1 fully saturated rings. The van der Waals surface area contributed by atoms with Crippen molar-refractivity contribution >= 4 is 10.0 Å². The monoisotopic (exact) mass is 284 g/mol. The number of piperidine rings is 1. The maximum Gasteiger partial charge on any atom is 0.278 e. The summed E-state index contributed by atoms with van der Waals surface area (Å²) in [6.07, 6.45) is 1.82. The van der Waals surface area contributed by atoms with Crippen molar-refractivity contribution in [2.75, 3.05) is 19.6 Å². The van der Waals surface area contributed by atoms with E-state index >= 15 is 0 Å². The molecule has 1 aliphatic rings. The van der Waals surface area contributed by atoms with Gasteiger partial charge in [-0.2, -0.15) is 4.31 Å². The van der Waals surface area contributed by atoms with Crippen molar-refractivity contribution in [2.45, 2.75) is 31.8 Å². The van der Waals surface area contributed by atoms with Crippen molar-refractivity contribution < 1.29 is 8.42 Å². The third kappa shape index (κ3) is 3.10. The van der Waals surface area contributed by atoms with E-state index in [1.807, 2.05) is 0 Å². The molecule has 2 N–H and O–H groups in total. The third-order valence-electron chi connectivity index (χ3n) is 3.35. The summed E-state index contributed by atoms with van der Waals surface area (Å²) in [6, 6.07) is 1.76. The average molecular weight is 284 g/mol. The molecule has 0 saturated carbocycles. The highest BCUT2D eigenvalue weighted by Crippen LogP contribution is 2.21. The van der Waals surface area contributed by atoms with E-state index in [0.717, 1.165) is 12.8 Å². The van der Waals surface area contributed by atoms with Gasteiger partial charge in [-0.3, -0.25) is 0 Å². The molecule has 6 nitrogen and oxygen atoms in total. The first kappa shape index (κ1) is 14.4. The Balaban J connectivity index is 2.31. The van der Waals surface area contributed by atoms with Crippen molar-refractivity contribution in [3.8, 4) is 0 Å². The van der Waals surface area contributed by atoms with Crippen LogP contribution in [0.1, 0.15) is 24.2 Å². The smallest absolute Gasteiger partial charge is 0.278 e. The van der Waals surface area contributed by atoms with E-state index < -0.39 is 10.0 Å². The van der Waals surface area contributed by atoms with Crippen LogP contribution in [0.4, 0.5) is 0 Å². The Hall–Kier alpha value is -1.05. The second kappa shape index (κ2) is 5.52. The van der Waals surface area contributed by atoms with Crippen LogP contribution in [-0.4, -0.2) is 42.3 Å². The Labute approximate surface area is 114 Å². The van der Waals surface area contributed by atoms with E-state index in [9.17, 15) is 8.42 Å². The Morgan fingerprint density at radius 2 is 2.00 bits per heavy atom. The van der Waals surface area contributed by atoms with Crippen molar-refractivity contribution in [3.05, 3.63) is 17.5 Å². The largest absolute Gasteiger partial charge is 0.330 e. The molecule has 0 aliphatic carbocycles. The summed E-state index contributed by atoms with van der Waals surface area (Å²) in [5.41, 5.74) is 6.97. The van der Waals surface area contributed by atoms with Gasteiger partial charge in [0.2, 0.25) is 0 Å². The van der Waals surface area contributed by atoms with Gasteiger partial charge in [0.05, 0.1) is 0 Å². The van der Waals surface area contributed by atoms with Crippen molar-refractivity contribution in [1.29, 1.82) is 0 Å². The minimum absolute atomic E-state index is 0.0947. The quantitative estimate of drug-likeness (QED) is 0.814. The fraction of sp³-hybridized carbons (Fsp3) is 0.667. The van der Waals surface area contributed by atoms with Crippen LogP contribution in [0.2, 0.25) is 0 Å². The molecular formula is C12H20N4O2S. The summed E-state index contributed by atoms with van der Waals surface area (Å²) in [4.78, 5) is 8.12. The Morgan fingerprint density at radius 3 is 2.58 bits per heavy atom. The zero-order chi connectivity index (χ0) is 14.0. The highest BCUT2D eigenvalue weighted by atomic mass is 32.2. The molecule has 1 aliphatic heterocycles. The third-order valence-corrected chi connectivity index (χ3v) is 5.00. The molecule has 1 aromatic rings. The van der Waals surface area contributed by atoms with Crippen LogP contribution in [0, 0.1) is 19.8 Å². The SMILES string of the molecule is Cc1cc(C)nc(S(=O)(=O)N2CCC[C@@H](CN)C2)n1. The van der Waals surface area contributed by atoms with Gasteiger partial charge in [-0.05, 0) is 45.2 Å². The van der Waals surface area contributed by atoms with Crippen LogP contribution in [0.15, 0.2) is 11.2 Å². The number of hydrogen-bond acceptors (Lipinski definition) is 5. The van der Waals surface area contributed by atoms with Crippen LogP contribution in [0.3, 0.4) is 0 Å². The Kier molecular flexibility index (Phi) is 4.17. The predicted molar refractivity (Wildman–Crippen MR) is 72.0 cm³/mol. The van der Waals surface area contributed by atoms with E-state index in [4.69, 9.17) is 5.73 Å². The predicted octanol–water partition coefficient (Wildman–Crippen LogP) is 0.453. The maximum atomic E-state index is 12.5. The van der Waals surface area contributed by atoms with E-state index in [2.05, 4.69) is 9.97 Å². The Bertz CT molecular complexity index is 539. The highest BCUT2D eigenvalue weighted by molar-refractivity contribution is 7.88.